The maximum atomic E-state index is 11.8. The van der Waals surface area contributed by atoms with Gasteiger partial charge < -0.3 is 9.47 Å². The van der Waals surface area contributed by atoms with Gasteiger partial charge >= 0.3 is 0 Å². The molecule has 0 heterocycles. The van der Waals surface area contributed by atoms with Gasteiger partial charge in [-0.2, -0.15) is 0 Å². The number of aryl methyl sites for hydroxylation is 1. The van der Waals surface area contributed by atoms with Crippen molar-refractivity contribution >= 4 is 40.7 Å². The average Bonchev–Trinajstić information content (AvgIpc) is 2.65. The Labute approximate surface area is 167 Å². The van der Waals surface area contributed by atoms with E-state index in [0.29, 0.717) is 16.5 Å². The van der Waals surface area contributed by atoms with Crippen molar-refractivity contribution in [1.82, 2.24) is 16.2 Å². The summed E-state index contributed by atoms with van der Waals surface area (Å²) in [6.07, 6.45) is 0. The molecule has 7 nitrogen and oxygen atoms in total. The third-order valence-electron chi connectivity index (χ3n) is 3.22. The summed E-state index contributed by atoms with van der Waals surface area (Å²) in [5.74, 6) is 0.0371. The van der Waals surface area contributed by atoms with Gasteiger partial charge in [0.15, 0.2) is 18.3 Å². The van der Waals surface area contributed by atoms with Crippen LogP contribution in [0.1, 0.15) is 5.56 Å². The fourth-order valence-electron chi connectivity index (χ4n) is 1.92. The molecule has 0 fully saturated rings. The third kappa shape index (κ3) is 7.12. The van der Waals surface area contributed by atoms with E-state index in [1.54, 1.807) is 30.3 Å². The number of halogens is 1. The first-order valence-corrected chi connectivity index (χ1v) is 8.68. The summed E-state index contributed by atoms with van der Waals surface area (Å²) in [6.45, 7) is 1.39. The lowest BCUT2D eigenvalue weighted by Crippen LogP contribution is -2.50. The van der Waals surface area contributed by atoms with E-state index in [0.717, 1.165) is 5.56 Å². The van der Waals surface area contributed by atoms with Crippen LogP contribution in [0.4, 0.5) is 0 Å². The zero-order chi connectivity index (χ0) is 19.6. The van der Waals surface area contributed by atoms with Crippen molar-refractivity contribution in [3.8, 4) is 11.5 Å². The molecule has 9 heteroatoms. The minimum atomic E-state index is -0.502. The van der Waals surface area contributed by atoms with Crippen LogP contribution in [0.5, 0.6) is 11.5 Å². The van der Waals surface area contributed by atoms with E-state index in [-0.39, 0.29) is 18.3 Å². The number of ether oxygens (including phenoxy) is 2. The molecular weight excluding hydrogens is 390 g/mol. The molecule has 0 aliphatic rings. The third-order valence-corrected chi connectivity index (χ3v) is 3.73. The summed E-state index contributed by atoms with van der Waals surface area (Å²) >= 11 is 10.9. The molecule has 0 unspecified atom stereocenters. The van der Waals surface area contributed by atoms with Crippen LogP contribution in [0, 0.1) is 6.92 Å². The SMILES string of the molecule is Cc1ccccc1OCC(=O)NNC(=S)NC(=O)COc1ccccc1Cl. The quantitative estimate of drug-likeness (QED) is 0.502. The van der Waals surface area contributed by atoms with Crippen molar-refractivity contribution in [3.05, 3.63) is 59.1 Å². The van der Waals surface area contributed by atoms with E-state index < -0.39 is 11.8 Å². The molecule has 0 spiro atoms. The normalized spacial score (nSPS) is 9.85. The van der Waals surface area contributed by atoms with Crippen molar-refractivity contribution in [1.29, 1.82) is 0 Å². The fraction of sp³-hybridized carbons (Fsp3) is 0.167. The first-order valence-electron chi connectivity index (χ1n) is 7.90. The van der Waals surface area contributed by atoms with Crippen molar-refractivity contribution in [2.45, 2.75) is 6.92 Å². The number of hydrazine groups is 1. The van der Waals surface area contributed by atoms with Gasteiger partial charge in [0, 0.05) is 0 Å². The molecule has 0 aromatic heterocycles. The van der Waals surface area contributed by atoms with Crippen molar-refractivity contribution < 1.29 is 19.1 Å². The van der Waals surface area contributed by atoms with Gasteiger partial charge in [0.25, 0.3) is 11.8 Å². The highest BCUT2D eigenvalue weighted by Gasteiger charge is 2.09. The minimum absolute atomic E-state index is 0.0769. The zero-order valence-corrected chi connectivity index (χ0v) is 16.0. The smallest absolute Gasteiger partial charge is 0.276 e. The van der Waals surface area contributed by atoms with E-state index in [1.165, 1.54) is 0 Å². The number of amides is 2. The molecule has 0 saturated carbocycles. The molecule has 0 saturated heterocycles. The van der Waals surface area contributed by atoms with Gasteiger partial charge in [0.1, 0.15) is 11.5 Å². The summed E-state index contributed by atoms with van der Waals surface area (Å²) in [5.41, 5.74) is 5.66. The Morgan fingerprint density at radius 1 is 0.926 bits per heavy atom. The summed E-state index contributed by atoms with van der Waals surface area (Å²) in [7, 11) is 0. The standard InChI is InChI=1S/C18H18ClN3O4S/c1-12-6-2-4-8-14(12)25-11-17(24)21-22-18(27)20-16(23)10-26-15-9-5-3-7-13(15)19/h2-9H,10-11H2,1H3,(H,21,24)(H2,20,22,23,27). The number of nitrogens with one attached hydrogen (secondary N) is 3. The summed E-state index contributed by atoms with van der Waals surface area (Å²) in [5, 5.41) is 2.68. The second-order valence-corrected chi connectivity index (χ2v) is 6.14. The van der Waals surface area contributed by atoms with E-state index in [2.05, 4.69) is 16.2 Å². The molecule has 142 valence electrons. The molecule has 0 aliphatic carbocycles. The lowest BCUT2D eigenvalue weighted by molar-refractivity contribution is -0.124. The molecule has 2 amide bonds. The lowest BCUT2D eigenvalue weighted by atomic mass is 10.2. The largest absolute Gasteiger partial charge is 0.483 e. The highest BCUT2D eigenvalue weighted by atomic mass is 35.5. The van der Waals surface area contributed by atoms with Crippen LogP contribution in [0.3, 0.4) is 0 Å². The second kappa shape index (κ2) is 10.3. The Morgan fingerprint density at radius 2 is 1.52 bits per heavy atom. The number of hydrogen-bond acceptors (Lipinski definition) is 5. The number of para-hydroxylation sites is 2. The van der Waals surface area contributed by atoms with E-state index in [1.807, 2.05) is 25.1 Å². The van der Waals surface area contributed by atoms with E-state index in [4.69, 9.17) is 33.3 Å². The van der Waals surface area contributed by atoms with Crippen LogP contribution in [0.25, 0.3) is 0 Å². The molecule has 2 aromatic rings. The fourth-order valence-corrected chi connectivity index (χ4v) is 2.28. The van der Waals surface area contributed by atoms with Crippen LogP contribution < -0.4 is 25.6 Å². The van der Waals surface area contributed by atoms with Crippen LogP contribution in [-0.2, 0) is 9.59 Å². The van der Waals surface area contributed by atoms with Gasteiger partial charge in [-0.05, 0) is 42.9 Å². The highest BCUT2D eigenvalue weighted by Crippen LogP contribution is 2.22. The molecule has 2 aromatic carbocycles. The topological polar surface area (TPSA) is 88.7 Å². The monoisotopic (exact) mass is 407 g/mol. The number of carbonyl (C=O) groups excluding carboxylic acids is 2. The van der Waals surface area contributed by atoms with Crippen LogP contribution in [-0.4, -0.2) is 30.1 Å². The molecular formula is C18H18ClN3O4S. The van der Waals surface area contributed by atoms with Gasteiger partial charge in [-0.15, -0.1) is 0 Å². The minimum Gasteiger partial charge on any atom is -0.483 e. The van der Waals surface area contributed by atoms with E-state index in [9.17, 15) is 9.59 Å². The zero-order valence-electron chi connectivity index (χ0n) is 14.5. The van der Waals surface area contributed by atoms with Crippen LogP contribution in [0.2, 0.25) is 5.02 Å². The molecule has 0 radical (unpaired) electrons. The molecule has 0 bridgehead atoms. The molecule has 27 heavy (non-hydrogen) atoms. The molecule has 0 atom stereocenters. The molecule has 2 rings (SSSR count). The number of hydrogen-bond donors (Lipinski definition) is 3. The van der Waals surface area contributed by atoms with Crippen LogP contribution >= 0.6 is 23.8 Å². The first-order chi connectivity index (χ1) is 13.0. The van der Waals surface area contributed by atoms with Crippen LogP contribution in [0.15, 0.2) is 48.5 Å². The van der Waals surface area contributed by atoms with Crippen molar-refractivity contribution in [3.63, 3.8) is 0 Å². The van der Waals surface area contributed by atoms with Crippen molar-refractivity contribution in [2.75, 3.05) is 13.2 Å². The Morgan fingerprint density at radius 3 is 2.22 bits per heavy atom. The summed E-state index contributed by atoms with van der Waals surface area (Å²) in [6, 6.07) is 14.1. The first kappa shape index (κ1) is 20.5. The Kier molecular flexibility index (Phi) is 7.84. The number of thiocarbonyl (C=S) groups is 1. The van der Waals surface area contributed by atoms with Gasteiger partial charge in [-0.3, -0.25) is 25.8 Å². The van der Waals surface area contributed by atoms with Gasteiger partial charge in [0.05, 0.1) is 5.02 Å². The maximum Gasteiger partial charge on any atom is 0.276 e. The van der Waals surface area contributed by atoms with Gasteiger partial charge in [-0.1, -0.05) is 41.9 Å². The Hall–Kier alpha value is -2.84. The Balaban J connectivity index is 1.66. The Bertz CT molecular complexity index is 832. The second-order valence-electron chi connectivity index (χ2n) is 5.32. The number of benzene rings is 2. The lowest BCUT2D eigenvalue weighted by Gasteiger charge is -2.12. The predicted octanol–water partition coefficient (Wildman–Crippen LogP) is 2.13. The van der Waals surface area contributed by atoms with Crippen molar-refractivity contribution in [2.24, 2.45) is 0 Å². The molecule has 3 N–H and O–H groups in total. The van der Waals surface area contributed by atoms with Gasteiger partial charge in [0.2, 0.25) is 0 Å². The van der Waals surface area contributed by atoms with Gasteiger partial charge in [-0.25, -0.2) is 0 Å². The summed E-state index contributed by atoms with van der Waals surface area (Å²) < 4.78 is 10.7. The maximum absolute atomic E-state index is 11.8. The predicted molar refractivity (Wildman–Crippen MR) is 106 cm³/mol. The highest BCUT2D eigenvalue weighted by molar-refractivity contribution is 7.80. The van der Waals surface area contributed by atoms with E-state index >= 15 is 0 Å². The number of carbonyl (C=O) groups is 2. The molecule has 0 aliphatic heterocycles. The summed E-state index contributed by atoms with van der Waals surface area (Å²) in [4.78, 5) is 23.5. The number of rotatable bonds is 6. The average molecular weight is 408 g/mol.